The number of carbonyl (C=O) groups is 2. The maximum Gasteiger partial charge on any atom is 0.312 e. The molecule has 8 nitrogen and oxygen atoms in total. The molecule has 0 unspecified atom stereocenters. The quantitative estimate of drug-likeness (QED) is 0.180. The lowest BCUT2D eigenvalue weighted by atomic mass is 9.68. The third-order valence-electron chi connectivity index (χ3n) is 9.30. The third kappa shape index (κ3) is 9.34. The van der Waals surface area contributed by atoms with Gasteiger partial charge < -0.3 is 29.4 Å². The molecule has 2 aliphatic rings. The number of methoxy groups -OCH3 is 2. The molecule has 2 fully saturated rings. The minimum atomic E-state index is -0.540. The maximum absolute atomic E-state index is 14.2. The second-order valence-corrected chi connectivity index (χ2v) is 12.2. The van der Waals surface area contributed by atoms with Gasteiger partial charge in [0.1, 0.15) is 12.2 Å². The highest BCUT2D eigenvalue weighted by Crippen LogP contribution is 2.46. The zero-order valence-electron chi connectivity index (χ0n) is 25.8. The topological polar surface area (TPSA) is 103 Å². The molecule has 0 spiro atoms. The molecule has 8 heteroatoms. The number of phenols is 1. The number of piperidine rings is 1. The Labute approximate surface area is 246 Å². The van der Waals surface area contributed by atoms with E-state index >= 15 is 0 Å². The molecule has 1 aromatic rings. The molecule has 1 heterocycles. The molecular weight excluding hydrogens is 522 g/mol. The Morgan fingerprint density at radius 2 is 1.76 bits per heavy atom. The Balaban J connectivity index is 1.99. The van der Waals surface area contributed by atoms with Crippen LogP contribution in [0.1, 0.15) is 103 Å². The summed E-state index contributed by atoms with van der Waals surface area (Å²) in [5.74, 6) is 0.0960. The fourth-order valence-corrected chi connectivity index (χ4v) is 6.86. The van der Waals surface area contributed by atoms with Crippen molar-refractivity contribution in [2.24, 2.45) is 10.8 Å². The number of unbranched alkanes of at least 4 members (excludes halogenated alkanes) is 2. The fraction of sp³-hybridized carbons (Fsp3) is 0.758. The van der Waals surface area contributed by atoms with E-state index in [4.69, 9.17) is 18.9 Å². The molecule has 2 N–H and O–H groups in total. The molecule has 0 bridgehead atoms. The summed E-state index contributed by atoms with van der Waals surface area (Å²) in [4.78, 5) is 26.4. The molecule has 1 aliphatic carbocycles. The van der Waals surface area contributed by atoms with E-state index < -0.39 is 11.5 Å². The Bertz CT molecular complexity index is 953. The standard InChI is InChI=1S/C33H53NO7/c1-5-6-8-11-27(40-25(2)35)23-30(41-31(37)32(18-21-38-3)14-9-7-10-15-32)33(16-19-34-20-17-33)24-26-12-13-28(36)29(22-26)39-4/h12-13,22,27,30,34,36H,5-11,14-21,23-24H2,1-4H3/t27-,30-/m1/s1. The first kappa shape index (κ1) is 33.2. The van der Waals surface area contributed by atoms with Gasteiger partial charge in [-0.3, -0.25) is 9.59 Å². The van der Waals surface area contributed by atoms with Crippen molar-refractivity contribution < 1.29 is 33.6 Å². The smallest absolute Gasteiger partial charge is 0.312 e. The van der Waals surface area contributed by atoms with Gasteiger partial charge in [0.05, 0.1) is 12.5 Å². The van der Waals surface area contributed by atoms with Gasteiger partial charge in [-0.25, -0.2) is 0 Å². The van der Waals surface area contributed by atoms with Gasteiger partial charge in [-0.15, -0.1) is 0 Å². The highest BCUT2D eigenvalue weighted by molar-refractivity contribution is 5.77. The predicted molar refractivity (Wildman–Crippen MR) is 159 cm³/mol. The molecule has 1 aliphatic heterocycles. The van der Waals surface area contributed by atoms with Gasteiger partial charge in [-0.1, -0.05) is 45.1 Å². The Kier molecular flexibility index (Phi) is 13.2. The van der Waals surface area contributed by atoms with Crippen LogP contribution in [0, 0.1) is 10.8 Å². The average Bonchev–Trinajstić information content (AvgIpc) is 2.97. The summed E-state index contributed by atoms with van der Waals surface area (Å²) in [5.41, 5.74) is 0.120. The van der Waals surface area contributed by atoms with Gasteiger partial charge in [0.15, 0.2) is 11.5 Å². The summed E-state index contributed by atoms with van der Waals surface area (Å²) in [6.07, 6.45) is 11.3. The van der Waals surface area contributed by atoms with Gasteiger partial charge in [-0.05, 0) is 82.2 Å². The van der Waals surface area contributed by atoms with Crippen LogP contribution < -0.4 is 10.1 Å². The van der Waals surface area contributed by atoms with Crippen molar-refractivity contribution in [2.75, 3.05) is 33.9 Å². The van der Waals surface area contributed by atoms with E-state index in [0.29, 0.717) is 31.6 Å². The molecule has 0 amide bonds. The molecule has 232 valence electrons. The zero-order chi connectivity index (χ0) is 29.7. The highest BCUT2D eigenvalue weighted by Gasteiger charge is 2.48. The molecule has 1 aromatic carbocycles. The number of aromatic hydroxyl groups is 1. The van der Waals surface area contributed by atoms with Crippen molar-refractivity contribution in [1.29, 1.82) is 0 Å². The van der Waals surface area contributed by atoms with Crippen molar-refractivity contribution in [3.63, 3.8) is 0 Å². The van der Waals surface area contributed by atoms with Gasteiger partial charge in [0.2, 0.25) is 0 Å². The van der Waals surface area contributed by atoms with Crippen LogP contribution in [0.5, 0.6) is 11.5 Å². The summed E-state index contributed by atoms with van der Waals surface area (Å²) in [6.45, 7) is 5.76. The molecule has 0 aromatic heterocycles. The number of hydrogen-bond donors (Lipinski definition) is 2. The molecule has 1 saturated carbocycles. The predicted octanol–water partition coefficient (Wildman–Crippen LogP) is 6.11. The minimum absolute atomic E-state index is 0.0989. The number of esters is 2. The van der Waals surface area contributed by atoms with Crippen molar-refractivity contribution in [3.05, 3.63) is 23.8 Å². The van der Waals surface area contributed by atoms with Crippen molar-refractivity contribution in [3.8, 4) is 11.5 Å². The lowest BCUT2D eigenvalue weighted by Gasteiger charge is -2.46. The van der Waals surface area contributed by atoms with Crippen LogP contribution in [-0.4, -0.2) is 63.2 Å². The van der Waals surface area contributed by atoms with Crippen LogP contribution in [0.4, 0.5) is 0 Å². The molecule has 1 saturated heterocycles. The fourth-order valence-electron chi connectivity index (χ4n) is 6.86. The first-order chi connectivity index (χ1) is 19.8. The first-order valence-corrected chi connectivity index (χ1v) is 15.7. The van der Waals surface area contributed by atoms with Gasteiger partial charge in [0, 0.05) is 32.5 Å². The molecule has 2 atom stereocenters. The summed E-state index contributed by atoms with van der Waals surface area (Å²) in [7, 11) is 3.23. The van der Waals surface area contributed by atoms with E-state index in [1.165, 1.54) is 6.92 Å². The van der Waals surface area contributed by atoms with E-state index in [0.717, 1.165) is 89.3 Å². The van der Waals surface area contributed by atoms with Crippen molar-refractivity contribution in [1.82, 2.24) is 5.32 Å². The van der Waals surface area contributed by atoms with Gasteiger partial charge in [-0.2, -0.15) is 0 Å². The van der Waals surface area contributed by atoms with E-state index in [2.05, 4.69) is 12.2 Å². The van der Waals surface area contributed by atoms with E-state index in [1.807, 2.05) is 12.1 Å². The van der Waals surface area contributed by atoms with Gasteiger partial charge in [0.25, 0.3) is 0 Å². The Morgan fingerprint density at radius 1 is 1.02 bits per heavy atom. The second-order valence-electron chi connectivity index (χ2n) is 12.2. The molecular formula is C33H53NO7. The number of hydrogen-bond acceptors (Lipinski definition) is 8. The van der Waals surface area contributed by atoms with Crippen LogP contribution in [0.2, 0.25) is 0 Å². The Hall–Kier alpha value is -2.32. The number of nitrogens with one attached hydrogen (secondary N) is 1. The summed E-state index contributed by atoms with van der Waals surface area (Å²) in [5, 5.41) is 13.7. The number of benzene rings is 1. The lowest BCUT2D eigenvalue weighted by molar-refractivity contribution is -0.178. The van der Waals surface area contributed by atoms with Crippen molar-refractivity contribution in [2.45, 2.75) is 116 Å². The summed E-state index contributed by atoms with van der Waals surface area (Å²) in [6, 6.07) is 5.47. The van der Waals surface area contributed by atoms with Crippen LogP contribution >= 0.6 is 0 Å². The van der Waals surface area contributed by atoms with E-state index in [-0.39, 0.29) is 29.2 Å². The summed E-state index contributed by atoms with van der Waals surface area (Å²) < 4.78 is 23.4. The number of rotatable bonds is 16. The number of carbonyl (C=O) groups excluding carboxylic acids is 2. The van der Waals surface area contributed by atoms with Crippen LogP contribution in [0.3, 0.4) is 0 Å². The minimum Gasteiger partial charge on any atom is -0.504 e. The number of ether oxygens (including phenoxy) is 4. The monoisotopic (exact) mass is 575 g/mol. The van der Waals surface area contributed by atoms with Crippen LogP contribution in [0.25, 0.3) is 0 Å². The Morgan fingerprint density at radius 3 is 2.39 bits per heavy atom. The molecule has 41 heavy (non-hydrogen) atoms. The van der Waals surface area contributed by atoms with Crippen LogP contribution in [0.15, 0.2) is 18.2 Å². The van der Waals surface area contributed by atoms with Crippen LogP contribution in [-0.2, 0) is 30.2 Å². The largest absolute Gasteiger partial charge is 0.504 e. The summed E-state index contributed by atoms with van der Waals surface area (Å²) >= 11 is 0. The normalized spacial score (nSPS) is 19.6. The van der Waals surface area contributed by atoms with Gasteiger partial charge >= 0.3 is 11.9 Å². The first-order valence-electron chi connectivity index (χ1n) is 15.7. The second kappa shape index (κ2) is 16.4. The zero-order valence-corrected chi connectivity index (χ0v) is 25.8. The SMILES string of the molecule is CCCCC[C@H](C[C@@H](OC(=O)C1(CCOC)CCCCC1)C1(Cc2ccc(O)c(OC)c2)CCNCC1)OC(C)=O. The molecule has 0 radical (unpaired) electrons. The highest BCUT2D eigenvalue weighted by atomic mass is 16.6. The third-order valence-corrected chi connectivity index (χ3v) is 9.30. The maximum atomic E-state index is 14.2. The van der Waals surface area contributed by atoms with E-state index in [1.54, 1.807) is 20.3 Å². The average molecular weight is 576 g/mol. The lowest BCUT2D eigenvalue weighted by Crippen LogP contribution is -2.51. The van der Waals surface area contributed by atoms with E-state index in [9.17, 15) is 14.7 Å². The van der Waals surface area contributed by atoms with Crippen molar-refractivity contribution >= 4 is 11.9 Å². The number of phenolic OH excluding ortho intramolecular Hbond substituents is 1. The molecule has 3 rings (SSSR count).